The zero-order valence-corrected chi connectivity index (χ0v) is 13.6. The Balaban J connectivity index is 1.83. The smallest absolute Gasteiger partial charge is 0.309 e. The molecule has 2 heterocycles. The van der Waals surface area contributed by atoms with Crippen molar-refractivity contribution in [3.8, 4) is 0 Å². The zero-order valence-electron chi connectivity index (χ0n) is 13.6. The van der Waals surface area contributed by atoms with Gasteiger partial charge in [-0.2, -0.15) is 0 Å². The monoisotopic (exact) mass is 307 g/mol. The third-order valence-electron chi connectivity index (χ3n) is 3.95. The quantitative estimate of drug-likeness (QED) is 0.505. The molecule has 2 rings (SSSR count). The Morgan fingerprint density at radius 2 is 2.23 bits per heavy atom. The molecule has 0 aliphatic carbocycles. The summed E-state index contributed by atoms with van der Waals surface area (Å²) in [5, 5.41) is 3.33. The number of likely N-dealkylation sites (tertiary alicyclic amines) is 1. The van der Waals surface area contributed by atoms with Gasteiger partial charge in [-0.3, -0.25) is 9.79 Å². The average Bonchev–Trinajstić information content (AvgIpc) is 2.94. The number of carbonyl (C=O) groups excluding carboxylic acids is 1. The van der Waals surface area contributed by atoms with Crippen LogP contribution in [0, 0.1) is 5.92 Å². The fraction of sp³-hybridized carbons (Fsp3) is 0.667. The van der Waals surface area contributed by atoms with Gasteiger partial charge >= 0.3 is 5.97 Å². The molecule has 7 nitrogen and oxygen atoms in total. The standard InChI is InChI=1S/C15H25N5O2/c1-4-22-14(21)12-5-8-20(9-6-12)15(16-2)18-11-13-17-7-10-19(13)3/h7,10,12H,4-6,8-9,11H2,1-3H3,(H,16,18). The van der Waals surface area contributed by atoms with Gasteiger partial charge in [-0.1, -0.05) is 0 Å². The molecule has 1 saturated heterocycles. The van der Waals surface area contributed by atoms with Gasteiger partial charge in [-0.25, -0.2) is 4.98 Å². The summed E-state index contributed by atoms with van der Waals surface area (Å²) in [4.78, 5) is 22.6. The van der Waals surface area contributed by atoms with Crippen LogP contribution < -0.4 is 5.32 Å². The normalized spacial score (nSPS) is 16.7. The van der Waals surface area contributed by atoms with Crippen LogP contribution in [0.25, 0.3) is 0 Å². The summed E-state index contributed by atoms with van der Waals surface area (Å²) >= 11 is 0. The highest BCUT2D eigenvalue weighted by Crippen LogP contribution is 2.18. The molecule has 0 aromatic carbocycles. The van der Waals surface area contributed by atoms with Crippen molar-refractivity contribution in [2.75, 3.05) is 26.7 Å². The van der Waals surface area contributed by atoms with Crippen molar-refractivity contribution in [1.29, 1.82) is 0 Å². The van der Waals surface area contributed by atoms with Crippen molar-refractivity contribution in [1.82, 2.24) is 19.8 Å². The second-order valence-electron chi connectivity index (χ2n) is 5.37. The molecule has 1 aromatic rings. The fourth-order valence-corrected chi connectivity index (χ4v) is 2.64. The molecule has 0 amide bonds. The molecule has 1 aliphatic rings. The van der Waals surface area contributed by atoms with Crippen molar-refractivity contribution < 1.29 is 9.53 Å². The van der Waals surface area contributed by atoms with Gasteiger partial charge in [0, 0.05) is 39.6 Å². The lowest BCUT2D eigenvalue weighted by Crippen LogP contribution is -2.46. The summed E-state index contributed by atoms with van der Waals surface area (Å²) in [6.07, 6.45) is 5.32. The van der Waals surface area contributed by atoms with Crippen molar-refractivity contribution in [2.45, 2.75) is 26.3 Å². The largest absolute Gasteiger partial charge is 0.466 e. The van der Waals surface area contributed by atoms with Crippen LogP contribution in [0.1, 0.15) is 25.6 Å². The molecule has 1 aliphatic heterocycles. The van der Waals surface area contributed by atoms with Crippen molar-refractivity contribution >= 4 is 11.9 Å². The van der Waals surface area contributed by atoms with Gasteiger partial charge in [0.2, 0.25) is 0 Å². The minimum absolute atomic E-state index is 0.0175. The van der Waals surface area contributed by atoms with Gasteiger partial charge in [0.05, 0.1) is 19.1 Å². The molecule has 0 atom stereocenters. The van der Waals surface area contributed by atoms with E-state index in [4.69, 9.17) is 4.74 Å². The van der Waals surface area contributed by atoms with E-state index in [9.17, 15) is 4.79 Å². The minimum atomic E-state index is -0.0712. The number of hydrogen-bond donors (Lipinski definition) is 1. The molecule has 1 N–H and O–H groups in total. The second-order valence-corrected chi connectivity index (χ2v) is 5.37. The number of nitrogens with one attached hydrogen (secondary N) is 1. The maximum absolute atomic E-state index is 11.8. The molecule has 22 heavy (non-hydrogen) atoms. The summed E-state index contributed by atoms with van der Waals surface area (Å²) in [5.41, 5.74) is 0. The SMILES string of the molecule is CCOC(=O)C1CCN(C(=NC)NCc2nccn2C)CC1. The number of aliphatic imine (C=N–C) groups is 1. The van der Waals surface area contributed by atoms with E-state index in [0.29, 0.717) is 13.2 Å². The van der Waals surface area contributed by atoms with Crippen molar-refractivity contribution in [3.05, 3.63) is 18.2 Å². The Morgan fingerprint density at radius 1 is 1.50 bits per heavy atom. The lowest BCUT2D eigenvalue weighted by atomic mass is 9.97. The first-order chi connectivity index (χ1) is 10.7. The molecule has 0 spiro atoms. The maximum Gasteiger partial charge on any atom is 0.309 e. The molecule has 1 fully saturated rings. The van der Waals surface area contributed by atoms with Crippen LogP contribution in [0.3, 0.4) is 0 Å². The lowest BCUT2D eigenvalue weighted by Gasteiger charge is -2.33. The highest BCUT2D eigenvalue weighted by molar-refractivity contribution is 5.80. The van der Waals surface area contributed by atoms with Gasteiger partial charge < -0.3 is 19.5 Å². The maximum atomic E-state index is 11.8. The number of piperidine rings is 1. The molecule has 0 unspecified atom stereocenters. The topological polar surface area (TPSA) is 71.8 Å². The van der Waals surface area contributed by atoms with Crippen molar-refractivity contribution in [2.24, 2.45) is 18.0 Å². The molecular formula is C15H25N5O2. The van der Waals surface area contributed by atoms with Gasteiger partial charge in [0.15, 0.2) is 5.96 Å². The number of esters is 1. The van der Waals surface area contributed by atoms with Gasteiger partial charge in [-0.15, -0.1) is 0 Å². The Labute approximate surface area is 131 Å². The Morgan fingerprint density at radius 3 is 2.77 bits per heavy atom. The van der Waals surface area contributed by atoms with Crippen LogP contribution in [0.15, 0.2) is 17.4 Å². The predicted octanol–water partition coefficient (Wildman–Crippen LogP) is 0.771. The van der Waals surface area contributed by atoms with E-state index in [0.717, 1.165) is 37.7 Å². The molecule has 0 radical (unpaired) electrons. The van der Waals surface area contributed by atoms with E-state index in [1.807, 2.05) is 24.7 Å². The number of aryl methyl sites for hydroxylation is 1. The van der Waals surface area contributed by atoms with E-state index in [2.05, 4.69) is 20.2 Å². The second kappa shape index (κ2) is 7.82. The molecule has 0 saturated carbocycles. The first-order valence-corrected chi connectivity index (χ1v) is 7.74. The Kier molecular flexibility index (Phi) is 5.80. The number of aromatic nitrogens is 2. The average molecular weight is 307 g/mol. The van der Waals surface area contributed by atoms with Crippen LogP contribution in [-0.2, 0) is 23.1 Å². The molecule has 7 heteroatoms. The van der Waals surface area contributed by atoms with Crippen LogP contribution in [0.4, 0.5) is 0 Å². The molecule has 1 aromatic heterocycles. The van der Waals surface area contributed by atoms with E-state index in [-0.39, 0.29) is 11.9 Å². The highest BCUT2D eigenvalue weighted by Gasteiger charge is 2.27. The Hall–Kier alpha value is -2.05. The van der Waals surface area contributed by atoms with E-state index < -0.39 is 0 Å². The number of guanidine groups is 1. The zero-order chi connectivity index (χ0) is 15.9. The third kappa shape index (κ3) is 3.99. The summed E-state index contributed by atoms with van der Waals surface area (Å²) in [6.45, 7) is 4.55. The minimum Gasteiger partial charge on any atom is -0.466 e. The third-order valence-corrected chi connectivity index (χ3v) is 3.95. The van der Waals surface area contributed by atoms with Crippen LogP contribution >= 0.6 is 0 Å². The van der Waals surface area contributed by atoms with Crippen molar-refractivity contribution in [3.63, 3.8) is 0 Å². The molecule has 0 bridgehead atoms. The number of carbonyl (C=O) groups is 1. The lowest BCUT2D eigenvalue weighted by molar-refractivity contribution is -0.149. The number of imidazole rings is 1. The first-order valence-electron chi connectivity index (χ1n) is 7.74. The van der Waals surface area contributed by atoms with E-state index in [1.165, 1.54) is 0 Å². The van der Waals surface area contributed by atoms with E-state index in [1.54, 1.807) is 13.2 Å². The predicted molar refractivity (Wildman–Crippen MR) is 84.3 cm³/mol. The summed E-state index contributed by atoms with van der Waals surface area (Å²) in [7, 11) is 3.75. The summed E-state index contributed by atoms with van der Waals surface area (Å²) in [5.74, 6) is 1.76. The number of nitrogens with zero attached hydrogens (tertiary/aromatic N) is 4. The highest BCUT2D eigenvalue weighted by atomic mass is 16.5. The van der Waals surface area contributed by atoms with Gasteiger partial charge in [0.25, 0.3) is 0 Å². The first kappa shape index (κ1) is 16.3. The van der Waals surface area contributed by atoms with Gasteiger partial charge in [-0.05, 0) is 19.8 Å². The van der Waals surface area contributed by atoms with E-state index >= 15 is 0 Å². The number of ether oxygens (including phenoxy) is 1. The van der Waals surface area contributed by atoms with Crippen LogP contribution in [-0.4, -0.2) is 53.1 Å². The van der Waals surface area contributed by atoms with Crippen LogP contribution in [0.5, 0.6) is 0 Å². The van der Waals surface area contributed by atoms with Gasteiger partial charge in [0.1, 0.15) is 5.82 Å². The molecular weight excluding hydrogens is 282 g/mol. The molecule has 122 valence electrons. The number of rotatable bonds is 4. The van der Waals surface area contributed by atoms with Crippen LogP contribution in [0.2, 0.25) is 0 Å². The number of hydrogen-bond acceptors (Lipinski definition) is 4. The fourth-order valence-electron chi connectivity index (χ4n) is 2.64. The Bertz CT molecular complexity index is 518. The summed E-state index contributed by atoms with van der Waals surface area (Å²) < 4.78 is 7.08. The summed E-state index contributed by atoms with van der Waals surface area (Å²) in [6, 6.07) is 0.